The minimum atomic E-state index is 0.564. The third-order valence-electron chi connectivity index (χ3n) is 2.85. The van der Waals surface area contributed by atoms with E-state index in [0.29, 0.717) is 11.8 Å². The van der Waals surface area contributed by atoms with Gasteiger partial charge in [-0.15, -0.1) is 0 Å². The van der Waals surface area contributed by atoms with E-state index in [1.54, 1.807) is 0 Å². The van der Waals surface area contributed by atoms with Gasteiger partial charge in [-0.3, -0.25) is 0 Å². The third-order valence-corrected chi connectivity index (χ3v) is 2.85. The van der Waals surface area contributed by atoms with Crippen molar-refractivity contribution in [2.45, 2.75) is 39.5 Å². The first-order valence-corrected chi connectivity index (χ1v) is 5.55. The van der Waals surface area contributed by atoms with Crippen molar-refractivity contribution >= 4 is 5.52 Å². The molecule has 0 aliphatic heterocycles. The minimum absolute atomic E-state index is 0.564. The van der Waals surface area contributed by atoms with Gasteiger partial charge >= 0.3 is 0 Å². The summed E-state index contributed by atoms with van der Waals surface area (Å²) in [5.41, 5.74) is 4.05. The lowest BCUT2D eigenvalue weighted by molar-refractivity contribution is 0.781. The van der Waals surface area contributed by atoms with Gasteiger partial charge in [0, 0.05) is 6.20 Å². The average Bonchev–Trinajstić information content (AvgIpc) is 2.61. The quantitative estimate of drug-likeness (QED) is 0.727. The van der Waals surface area contributed by atoms with Crippen LogP contribution in [0.15, 0.2) is 24.8 Å². The van der Waals surface area contributed by atoms with Crippen LogP contribution in [0.25, 0.3) is 5.52 Å². The molecule has 2 heteroatoms. The van der Waals surface area contributed by atoms with Crippen LogP contribution in [-0.2, 0) is 0 Å². The zero-order valence-electron chi connectivity index (χ0n) is 9.86. The molecule has 0 unspecified atom stereocenters. The fourth-order valence-electron chi connectivity index (χ4n) is 1.98. The smallest absolute Gasteiger partial charge is 0.0992 e. The van der Waals surface area contributed by atoms with Crippen LogP contribution in [0.1, 0.15) is 50.7 Å². The van der Waals surface area contributed by atoms with Crippen LogP contribution < -0.4 is 0 Å². The first-order valence-electron chi connectivity index (χ1n) is 5.55. The lowest BCUT2D eigenvalue weighted by atomic mass is 9.92. The molecule has 0 radical (unpaired) electrons. The van der Waals surface area contributed by atoms with Gasteiger partial charge in [-0.1, -0.05) is 27.7 Å². The van der Waals surface area contributed by atoms with Crippen LogP contribution in [0.4, 0.5) is 0 Å². The van der Waals surface area contributed by atoms with Crippen LogP contribution >= 0.6 is 0 Å². The number of rotatable bonds is 2. The predicted molar refractivity (Wildman–Crippen MR) is 63.4 cm³/mol. The molecule has 0 aromatic carbocycles. The highest BCUT2D eigenvalue weighted by atomic mass is 15.0. The van der Waals surface area contributed by atoms with E-state index < -0.39 is 0 Å². The molecule has 80 valence electrons. The van der Waals surface area contributed by atoms with E-state index >= 15 is 0 Å². The molecule has 0 N–H and O–H groups in total. The minimum Gasteiger partial charge on any atom is -0.306 e. The Labute approximate surface area is 91.0 Å². The van der Waals surface area contributed by atoms with E-state index in [1.807, 2.05) is 12.5 Å². The number of fused-ring (bicyclic) bond motifs is 1. The monoisotopic (exact) mass is 202 g/mol. The van der Waals surface area contributed by atoms with E-state index in [9.17, 15) is 0 Å². The molecule has 0 saturated heterocycles. The number of imidazole rings is 1. The summed E-state index contributed by atoms with van der Waals surface area (Å²) in [7, 11) is 0. The highest BCUT2D eigenvalue weighted by Gasteiger charge is 2.11. The molecule has 0 spiro atoms. The Balaban J connectivity index is 2.68. The van der Waals surface area contributed by atoms with Gasteiger partial charge in [-0.25, -0.2) is 4.98 Å². The van der Waals surface area contributed by atoms with Crippen molar-refractivity contribution in [3.05, 3.63) is 35.9 Å². The first kappa shape index (κ1) is 10.2. The third kappa shape index (κ3) is 1.76. The van der Waals surface area contributed by atoms with Gasteiger partial charge < -0.3 is 4.40 Å². The molecule has 0 bridgehead atoms. The summed E-state index contributed by atoms with van der Waals surface area (Å²) in [5.74, 6) is 1.14. The molecular formula is C13H18N2. The zero-order chi connectivity index (χ0) is 11.0. The molecule has 0 fully saturated rings. The van der Waals surface area contributed by atoms with Crippen molar-refractivity contribution in [1.29, 1.82) is 0 Å². The normalized spacial score (nSPS) is 11.9. The van der Waals surface area contributed by atoms with Gasteiger partial charge in [0.15, 0.2) is 0 Å². The predicted octanol–water partition coefficient (Wildman–Crippen LogP) is 3.58. The van der Waals surface area contributed by atoms with Gasteiger partial charge in [-0.05, 0) is 29.0 Å². The van der Waals surface area contributed by atoms with Gasteiger partial charge in [0.1, 0.15) is 0 Å². The van der Waals surface area contributed by atoms with Crippen molar-refractivity contribution in [2.24, 2.45) is 0 Å². The van der Waals surface area contributed by atoms with Crippen LogP contribution in [0, 0.1) is 0 Å². The number of aromatic nitrogens is 2. The van der Waals surface area contributed by atoms with Gasteiger partial charge in [-0.2, -0.15) is 0 Å². The molecule has 2 rings (SSSR count). The molecule has 2 heterocycles. The van der Waals surface area contributed by atoms with E-state index in [4.69, 9.17) is 0 Å². The summed E-state index contributed by atoms with van der Waals surface area (Å²) in [6, 6.07) is 2.26. The van der Waals surface area contributed by atoms with Crippen LogP contribution in [0.3, 0.4) is 0 Å². The largest absolute Gasteiger partial charge is 0.306 e. The molecule has 0 atom stereocenters. The Morgan fingerprint density at radius 3 is 2.33 bits per heavy atom. The second-order valence-corrected chi connectivity index (χ2v) is 4.72. The topological polar surface area (TPSA) is 17.3 Å². The molecular weight excluding hydrogens is 184 g/mol. The Bertz CT molecular complexity index is 424. The molecule has 0 amide bonds. The van der Waals surface area contributed by atoms with Gasteiger partial charge in [0.2, 0.25) is 0 Å². The van der Waals surface area contributed by atoms with E-state index in [1.165, 1.54) is 16.6 Å². The van der Waals surface area contributed by atoms with Crippen molar-refractivity contribution in [2.75, 3.05) is 0 Å². The maximum Gasteiger partial charge on any atom is 0.0992 e. The standard InChI is InChI=1S/C13H18N2/c1-9(2)12-5-11-6-14-8-15(11)7-13(12)10(3)4/h5-10H,1-4H3. The second kappa shape index (κ2) is 3.69. The Hall–Kier alpha value is -1.31. The maximum atomic E-state index is 4.17. The van der Waals surface area contributed by atoms with E-state index in [2.05, 4.69) is 49.3 Å². The average molecular weight is 202 g/mol. The summed E-state index contributed by atoms with van der Waals surface area (Å²) in [6.45, 7) is 8.97. The van der Waals surface area contributed by atoms with Crippen LogP contribution in [0.2, 0.25) is 0 Å². The first-order chi connectivity index (χ1) is 7.09. The highest BCUT2D eigenvalue weighted by Crippen LogP contribution is 2.27. The summed E-state index contributed by atoms with van der Waals surface area (Å²) in [6.07, 6.45) is 5.99. The number of hydrogen-bond donors (Lipinski definition) is 0. The summed E-state index contributed by atoms with van der Waals surface area (Å²) in [5, 5.41) is 0. The Kier molecular flexibility index (Phi) is 2.51. The number of nitrogens with zero attached hydrogens (tertiary/aromatic N) is 2. The molecule has 2 aromatic heterocycles. The molecule has 2 nitrogen and oxygen atoms in total. The summed E-state index contributed by atoms with van der Waals surface area (Å²) in [4.78, 5) is 4.17. The lowest BCUT2D eigenvalue weighted by Crippen LogP contribution is -2.01. The SMILES string of the molecule is CC(C)c1cc2cncn2cc1C(C)C. The molecule has 2 aromatic rings. The Morgan fingerprint density at radius 2 is 1.73 bits per heavy atom. The fourth-order valence-corrected chi connectivity index (χ4v) is 1.98. The number of hydrogen-bond acceptors (Lipinski definition) is 1. The van der Waals surface area contributed by atoms with Gasteiger partial charge in [0.05, 0.1) is 18.0 Å². The molecule has 0 saturated carbocycles. The van der Waals surface area contributed by atoms with Crippen molar-refractivity contribution < 1.29 is 0 Å². The van der Waals surface area contributed by atoms with E-state index in [0.717, 1.165) is 0 Å². The molecule has 15 heavy (non-hydrogen) atoms. The van der Waals surface area contributed by atoms with Crippen molar-refractivity contribution in [1.82, 2.24) is 9.38 Å². The van der Waals surface area contributed by atoms with Crippen molar-refractivity contribution in [3.8, 4) is 0 Å². The van der Waals surface area contributed by atoms with Gasteiger partial charge in [0.25, 0.3) is 0 Å². The van der Waals surface area contributed by atoms with Crippen LogP contribution in [0.5, 0.6) is 0 Å². The maximum absolute atomic E-state index is 4.17. The Morgan fingerprint density at radius 1 is 1.07 bits per heavy atom. The summed E-state index contributed by atoms with van der Waals surface area (Å²) < 4.78 is 2.10. The fraction of sp³-hybridized carbons (Fsp3) is 0.462. The highest BCUT2D eigenvalue weighted by molar-refractivity contribution is 5.50. The zero-order valence-corrected chi connectivity index (χ0v) is 9.86. The molecule has 0 aliphatic rings. The lowest BCUT2D eigenvalue weighted by Gasteiger charge is -2.16. The van der Waals surface area contributed by atoms with E-state index in [-0.39, 0.29) is 0 Å². The summed E-state index contributed by atoms with van der Waals surface area (Å²) >= 11 is 0. The van der Waals surface area contributed by atoms with Crippen molar-refractivity contribution in [3.63, 3.8) is 0 Å². The van der Waals surface area contributed by atoms with Crippen LogP contribution in [-0.4, -0.2) is 9.38 Å². The second-order valence-electron chi connectivity index (χ2n) is 4.72. The molecule has 0 aliphatic carbocycles. The number of pyridine rings is 1.